The number of carbonyl (C=O) groups excluding carboxylic acids is 2. The van der Waals surface area contributed by atoms with Crippen molar-refractivity contribution in [3.63, 3.8) is 0 Å². The highest BCUT2D eigenvalue weighted by Gasteiger charge is 2.13. The Morgan fingerprint density at radius 1 is 1.62 bits per heavy atom. The SMILES string of the molecule is CC(SCCCO)C(=O)NC(N)=O. The fourth-order valence-electron chi connectivity index (χ4n) is 0.623. The second-order valence-electron chi connectivity index (χ2n) is 2.44. The van der Waals surface area contributed by atoms with E-state index in [9.17, 15) is 9.59 Å². The van der Waals surface area contributed by atoms with Crippen LogP contribution in [-0.4, -0.2) is 34.7 Å². The first-order valence-corrected chi connectivity index (χ1v) is 4.95. The summed E-state index contributed by atoms with van der Waals surface area (Å²) >= 11 is 1.37. The van der Waals surface area contributed by atoms with Crippen LogP contribution in [0.3, 0.4) is 0 Å². The van der Waals surface area contributed by atoms with Gasteiger partial charge in [-0.15, -0.1) is 11.8 Å². The van der Waals surface area contributed by atoms with Crippen LogP contribution >= 0.6 is 11.8 Å². The molecule has 3 amide bonds. The van der Waals surface area contributed by atoms with E-state index < -0.39 is 11.9 Å². The van der Waals surface area contributed by atoms with Gasteiger partial charge in [0.25, 0.3) is 0 Å². The number of primary amides is 1. The normalized spacial score (nSPS) is 12.2. The maximum Gasteiger partial charge on any atom is 0.318 e. The van der Waals surface area contributed by atoms with Crippen molar-refractivity contribution in [1.82, 2.24) is 5.32 Å². The van der Waals surface area contributed by atoms with Crippen LogP contribution in [-0.2, 0) is 4.79 Å². The van der Waals surface area contributed by atoms with Crippen LogP contribution in [0.15, 0.2) is 0 Å². The third-order valence-electron chi connectivity index (χ3n) is 1.29. The molecule has 13 heavy (non-hydrogen) atoms. The number of urea groups is 1. The molecule has 0 aromatic heterocycles. The number of aliphatic hydroxyl groups excluding tert-OH is 1. The molecule has 0 aromatic rings. The number of hydrogen-bond donors (Lipinski definition) is 3. The molecule has 0 heterocycles. The first kappa shape index (κ1) is 12.2. The van der Waals surface area contributed by atoms with Gasteiger partial charge in [0.1, 0.15) is 0 Å². The largest absolute Gasteiger partial charge is 0.396 e. The van der Waals surface area contributed by atoms with Crippen molar-refractivity contribution in [2.45, 2.75) is 18.6 Å². The fourth-order valence-corrected chi connectivity index (χ4v) is 1.48. The molecule has 0 saturated heterocycles. The number of imide groups is 1. The van der Waals surface area contributed by atoms with Crippen molar-refractivity contribution >= 4 is 23.7 Å². The van der Waals surface area contributed by atoms with E-state index in [0.29, 0.717) is 12.2 Å². The molecule has 6 heteroatoms. The van der Waals surface area contributed by atoms with Gasteiger partial charge in [0, 0.05) is 6.61 Å². The quantitative estimate of drug-likeness (QED) is 0.538. The molecular formula is C7H14N2O3S. The van der Waals surface area contributed by atoms with Gasteiger partial charge in [0.15, 0.2) is 0 Å². The van der Waals surface area contributed by atoms with Gasteiger partial charge in [-0.25, -0.2) is 4.79 Å². The zero-order valence-electron chi connectivity index (χ0n) is 7.45. The minimum atomic E-state index is -0.834. The minimum absolute atomic E-state index is 0.108. The maximum atomic E-state index is 11.1. The van der Waals surface area contributed by atoms with Gasteiger partial charge in [-0.1, -0.05) is 0 Å². The Morgan fingerprint density at radius 3 is 2.69 bits per heavy atom. The van der Waals surface area contributed by atoms with Crippen molar-refractivity contribution in [3.05, 3.63) is 0 Å². The van der Waals surface area contributed by atoms with Crippen molar-refractivity contribution in [3.8, 4) is 0 Å². The lowest BCUT2D eigenvalue weighted by molar-refractivity contribution is -0.119. The Balaban J connectivity index is 3.63. The molecule has 0 spiro atoms. The number of nitrogens with two attached hydrogens (primary N) is 1. The molecular weight excluding hydrogens is 192 g/mol. The van der Waals surface area contributed by atoms with Gasteiger partial charge in [0.2, 0.25) is 5.91 Å². The zero-order chi connectivity index (χ0) is 10.3. The van der Waals surface area contributed by atoms with Crippen LogP contribution in [0, 0.1) is 0 Å². The van der Waals surface area contributed by atoms with Crippen LogP contribution in [0.25, 0.3) is 0 Å². The lowest BCUT2D eigenvalue weighted by atomic mass is 10.4. The molecule has 0 aliphatic rings. The highest BCUT2D eigenvalue weighted by molar-refractivity contribution is 8.00. The first-order valence-electron chi connectivity index (χ1n) is 3.90. The van der Waals surface area contributed by atoms with E-state index in [2.05, 4.69) is 0 Å². The summed E-state index contributed by atoms with van der Waals surface area (Å²) in [7, 11) is 0. The second-order valence-corrected chi connectivity index (χ2v) is 3.89. The summed E-state index contributed by atoms with van der Waals surface area (Å²) in [4.78, 5) is 21.3. The Labute approximate surface area is 81.1 Å². The summed E-state index contributed by atoms with van der Waals surface area (Å²) in [6, 6.07) is -0.834. The summed E-state index contributed by atoms with van der Waals surface area (Å²) in [6.07, 6.45) is 0.638. The minimum Gasteiger partial charge on any atom is -0.396 e. The molecule has 0 bridgehead atoms. The van der Waals surface area contributed by atoms with Crippen molar-refractivity contribution in [1.29, 1.82) is 0 Å². The Morgan fingerprint density at radius 2 is 2.23 bits per heavy atom. The molecule has 4 N–H and O–H groups in total. The lowest BCUT2D eigenvalue weighted by Gasteiger charge is -2.08. The molecule has 1 unspecified atom stereocenters. The number of rotatable bonds is 5. The average molecular weight is 206 g/mol. The summed E-state index contributed by atoms with van der Waals surface area (Å²) in [5.74, 6) is 0.291. The fraction of sp³-hybridized carbons (Fsp3) is 0.714. The molecule has 0 fully saturated rings. The highest BCUT2D eigenvalue weighted by Crippen LogP contribution is 2.10. The number of thioether (sulfide) groups is 1. The highest BCUT2D eigenvalue weighted by atomic mass is 32.2. The third kappa shape index (κ3) is 6.41. The van der Waals surface area contributed by atoms with Crippen molar-refractivity contribution < 1.29 is 14.7 Å². The van der Waals surface area contributed by atoms with Crippen molar-refractivity contribution in [2.24, 2.45) is 5.73 Å². The Hall–Kier alpha value is -0.750. The molecule has 0 aliphatic carbocycles. The van der Waals surface area contributed by atoms with E-state index in [4.69, 9.17) is 10.8 Å². The molecule has 0 aliphatic heterocycles. The predicted octanol–water partition coefficient (Wildman–Crippen LogP) is -0.315. The van der Waals surface area contributed by atoms with Crippen LogP contribution < -0.4 is 11.1 Å². The van der Waals surface area contributed by atoms with Gasteiger partial charge in [-0.05, 0) is 19.1 Å². The maximum absolute atomic E-state index is 11.1. The van der Waals surface area contributed by atoms with Gasteiger partial charge < -0.3 is 10.8 Å². The molecule has 0 aromatic carbocycles. The third-order valence-corrected chi connectivity index (χ3v) is 2.52. The molecule has 76 valence electrons. The number of carbonyl (C=O) groups is 2. The van der Waals surface area contributed by atoms with E-state index in [0.717, 1.165) is 0 Å². The number of hydrogen-bond acceptors (Lipinski definition) is 4. The van der Waals surface area contributed by atoms with Crippen LogP contribution in [0.4, 0.5) is 4.79 Å². The van der Waals surface area contributed by atoms with Crippen LogP contribution in [0.1, 0.15) is 13.3 Å². The topological polar surface area (TPSA) is 92.4 Å². The second kappa shape index (κ2) is 6.73. The summed E-state index contributed by atoms with van der Waals surface area (Å²) in [6.45, 7) is 1.79. The Bertz CT molecular complexity index is 187. The van der Waals surface area contributed by atoms with Gasteiger partial charge in [0.05, 0.1) is 5.25 Å². The molecule has 0 radical (unpaired) electrons. The molecule has 1 atom stereocenters. The first-order chi connectivity index (χ1) is 6.07. The van der Waals surface area contributed by atoms with E-state index in [1.165, 1.54) is 11.8 Å². The number of aliphatic hydroxyl groups is 1. The number of nitrogens with one attached hydrogen (secondary N) is 1. The lowest BCUT2D eigenvalue weighted by Crippen LogP contribution is -2.39. The standard InChI is InChI=1S/C7H14N2O3S/c1-5(13-4-2-3-10)6(11)9-7(8)12/h5,10H,2-4H2,1H3,(H3,8,9,11,12). The molecule has 0 saturated carbocycles. The van der Waals surface area contributed by atoms with Crippen LogP contribution in [0.2, 0.25) is 0 Å². The molecule has 0 rings (SSSR count). The zero-order valence-corrected chi connectivity index (χ0v) is 8.26. The predicted molar refractivity (Wildman–Crippen MR) is 51.3 cm³/mol. The summed E-state index contributed by atoms with van der Waals surface area (Å²) in [5.41, 5.74) is 4.77. The Kier molecular flexibility index (Phi) is 6.34. The smallest absolute Gasteiger partial charge is 0.318 e. The van der Waals surface area contributed by atoms with E-state index in [-0.39, 0.29) is 11.9 Å². The summed E-state index contributed by atoms with van der Waals surface area (Å²) in [5, 5.41) is 10.1. The molecule has 5 nitrogen and oxygen atoms in total. The van der Waals surface area contributed by atoms with Gasteiger partial charge >= 0.3 is 6.03 Å². The summed E-state index contributed by atoms with van der Waals surface area (Å²) < 4.78 is 0. The number of amides is 3. The van der Waals surface area contributed by atoms with E-state index in [1.54, 1.807) is 6.92 Å². The average Bonchev–Trinajstić information content (AvgIpc) is 2.03. The van der Waals surface area contributed by atoms with Gasteiger partial charge in [-0.2, -0.15) is 0 Å². The van der Waals surface area contributed by atoms with Crippen molar-refractivity contribution in [2.75, 3.05) is 12.4 Å². The van der Waals surface area contributed by atoms with E-state index in [1.807, 2.05) is 5.32 Å². The van der Waals surface area contributed by atoms with Crippen LogP contribution in [0.5, 0.6) is 0 Å². The monoisotopic (exact) mass is 206 g/mol. The van der Waals surface area contributed by atoms with E-state index >= 15 is 0 Å². The van der Waals surface area contributed by atoms with Gasteiger partial charge in [-0.3, -0.25) is 10.1 Å².